The summed E-state index contributed by atoms with van der Waals surface area (Å²) in [6.07, 6.45) is 0. The van der Waals surface area contributed by atoms with Crippen molar-refractivity contribution in [1.29, 1.82) is 0 Å². The predicted octanol–water partition coefficient (Wildman–Crippen LogP) is -2.08. The van der Waals surface area contributed by atoms with Crippen LogP contribution >= 0.6 is 0 Å². The molecule has 0 aromatic heterocycles. The molecule has 0 unspecified atom stereocenters. The Morgan fingerprint density at radius 3 is 1.94 bits per heavy atom. The van der Waals surface area contributed by atoms with Gasteiger partial charge in [0, 0.05) is 6.07 Å². The van der Waals surface area contributed by atoms with Gasteiger partial charge in [0.15, 0.2) is 11.5 Å². The summed E-state index contributed by atoms with van der Waals surface area (Å²) >= 11 is 0. The van der Waals surface area contributed by atoms with E-state index in [2.05, 4.69) is 0 Å². The molecule has 0 saturated heterocycles. The number of aryl methyl sites for hydroxylation is 1. The van der Waals surface area contributed by atoms with Gasteiger partial charge in [0.05, 0.1) is 19.1 Å². The summed E-state index contributed by atoms with van der Waals surface area (Å²) in [5.41, 5.74) is 0.336. The molecular formula is C9H11NaO5S. The van der Waals surface area contributed by atoms with Crippen molar-refractivity contribution in [2.45, 2.75) is 11.8 Å². The maximum Gasteiger partial charge on any atom is 1.00 e. The van der Waals surface area contributed by atoms with Crippen LogP contribution in [0.2, 0.25) is 0 Å². The first-order chi connectivity index (χ1) is 6.90. The van der Waals surface area contributed by atoms with Crippen molar-refractivity contribution < 1.29 is 52.0 Å². The summed E-state index contributed by atoms with van der Waals surface area (Å²) < 4.78 is 42.5. The Hall–Kier alpha value is -0.270. The Morgan fingerprint density at radius 2 is 1.56 bits per heavy atom. The Balaban J connectivity index is 0.00000225. The van der Waals surface area contributed by atoms with E-state index in [-0.39, 0.29) is 40.2 Å². The third kappa shape index (κ3) is 3.36. The SMILES string of the molecule is COc1cc(C)c(S(=O)(=O)[O-])cc1OC.[Na+]. The normalized spacial score (nSPS) is 10.5. The summed E-state index contributed by atoms with van der Waals surface area (Å²) in [6.45, 7) is 1.52. The molecule has 0 bridgehead atoms. The number of ether oxygens (including phenoxy) is 2. The van der Waals surface area contributed by atoms with Crippen molar-refractivity contribution in [2.24, 2.45) is 0 Å². The van der Waals surface area contributed by atoms with Gasteiger partial charge >= 0.3 is 29.6 Å². The van der Waals surface area contributed by atoms with Crippen molar-refractivity contribution in [3.8, 4) is 11.5 Å². The van der Waals surface area contributed by atoms with Crippen molar-refractivity contribution in [2.75, 3.05) is 14.2 Å². The minimum Gasteiger partial charge on any atom is -0.744 e. The molecule has 0 saturated carbocycles. The summed E-state index contributed by atoms with van der Waals surface area (Å²) in [5.74, 6) is 0.611. The van der Waals surface area contributed by atoms with E-state index in [0.717, 1.165) is 6.07 Å². The van der Waals surface area contributed by atoms with Gasteiger partial charge in [0.1, 0.15) is 10.1 Å². The maximum atomic E-state index is 10.9. The zero-order chi connectivity index (χ0) is 11.6. The van der Waals surface area contributed by atoms with Gasteiger partial charge < -0.3 is 14.0 Å². The van der Waals surface area contributed by atoms with Gasteiger partial charge in [0.25, 0.3) is 0 Å². The minimum atomic E-state index is -4.48. The molecule has 1 rings (SSSR count). The summed E-state index contributed by atoms with van der Waals surface area (Å²) in [6, 6.07) is 2.61. The summed E-state index contributed by atoms with van der Waals surface area (Å²) in [7, 11) is -1.67. The molecule has 7 heteroatoms. The van der Waals surface area contributed by atoms with Gasteiger partial charge in [0.2, 0.25) is 0 Å². The monoisotopic (exact) mass is 254 g/mol. The molecule has 0 heterocycles. The zero-order valence-corrected chi connectivity index (χ0v) is 12.4. The molecule has 0 aliphatic heterocycles. The molecule has 0 N–H and O–H groups in total. The van der Waals surface area contributed by atoms with Crippen LogP contribution in [0.1, 0.15) is 5.56 Å². The van der Waals surface area contributed by atoms with E-state index in [4.69, 9.17) is 9.47 Å². The average Bonchev–Trinajstić information content (AvgIpc) is 2.15. The molecule has 84 valence electrons. The second kappa shape index (κ2) is 5.88. The molecular weight excluding hydrogens is 243 g/mol. The third-order valence-corrected chi connectivity index (χ3v) is 2.93. The van der Waals surface area contributed by atoms with Gasteiger partial charge in [-0.05, 0) is 18.6 Å². The standard InChI is InChI=1S/C9H12O5S.Na/c1-6-4-7(13-2)8(14-3)5-9(6)15(10,11)12;/h4-5H,1-3H3,(H,10,11,12);/q;+1/p-1. The number of rotatable bonds is 3. The quantitative estimate of drug-likeness (QED) is 0.457. The average molecular weight is 254 g/mol. The van der Waals surface area contributed by atoms with Crippen LogP contribution in [-0.4, -0.2) is 27.2 Å². The van der Waals surface area contributed by atoms with E-state index < -0.39 is 10.1 Å². The van der Waals surface area contributed by atoms with Gasteiger partial charge in [-0.3, -0.25) is 0 Å². The van der Waals surface area contributed by atoms with Gasteiger partial charge in [-0.15, -0.1) is 0 Å². The first kappa shape index (κ1) is 15.7. The fourth-order valence-electron chi connectivity index (χ4n) is 1.23. The van der Waals surface area contributed by atoms with Crippen LogP contribution in [-0.2, 0) is 10.1 Å². The third-order valence-electron chi connectivity index (χ3n) is 1.95. The first-order valence-electron chi connectivity index (χ1n) is 4.08. The maximum absolute atomic E-state index is 10.9. The van der Waals surface area contributed by atoms with Crippen LogP contribution < -0.4 is 39.0 Å². The molecule has 0 atom stereocenters. The largest absolute Gasteiger partial charge is 1.00 e. The van der Waals surface area contributed by atoms with Crippen LogP contribution in [0.4, 0.5) is 0 Å². The van der Waals surface area contributed by atoms with Gasteiger partial charge in [-0.1, -0.05) is 0 Å². The van der Waals surface area contributed by atoms with Crippen LogP contribution in [0, 0.1) is 6.92 Å². The predicted molar refractivity (Wildman–Crippen MR) is 52.2 cm³/mol. The summed E-state index contributed by atoms with van der Waals surface area (Å²) in [5, 5.41) is 0. The molecule has 0 aliphatic rings. The molecule has 0 spiro atoms. The number of methoxy groups -OCH3 is 2. The molecule has 0 radical (unpaired) electrons. The molecule has 0 amide bonds. The van der Waals surface area contributed by atoms with E-state index in [1.807, 2.05) is 0 Å². The smallest absolute Gasteiger partial charge is 0.744 e. The van der Waals surface area contributed by atoms with E-state index >= 15 is 0 Å². The molecule has 0 fully saturated rings. The molecule has 16 heavy (non-hydrogen) atoms. The van der Waals surface area contributed by atoms with Crippen molar-refractivity contribution in [3.05, 3.63) is 17.7 Å². The molecule has 1 aromatic rings. The Bertz CT molecular complexity index is 469. The van der Waals surface area contributed by atoms with Crippen LogP contribution in [0.15, 0.2) is 17.0 Å². The van der Waals surface area contributed by atoms with Gasteiger partial charge in [-0.2, -0.15) is 0 Å². The van der Waals surface area contributed by atoms with Crippen molar-refractivity contribution in [1.82, 2.24) is 0 Å². The van der Waals surface area contributed by atoms with Crippen LogP contribution in [0.3, 0.4) is 0 Å². The fraction of sp³-hybridized carbons (Fsp3) is 0.333. The molecule has 1 aromatic carbocycles. The second-order valence-corrected chi connectivity index (χ2v) is 4.27. The van der Waals surface area contributed by atoms with Crippen LogP contribution in [0.25, 0.3) is 0 Å². The van der Waals surface area contributed by atoms with Crippen molar-refractivity contribution in [3.63, 3.8) is 0 Å². The summed E-state index contributed by atoms with van der Waals surface area (Å²) in [4.78, 5) is -0.292. The minimum absolute atomic E-state index is 0. The van der Waals surface area contributed by atoms with E-state index in [1.165, 1.54) is 27.2 Å². The number of hydrogen-bond acceptors (Lipinski definition) is 5. The first-order valence-corrected chi connectivity index (χ1v) is 5.49. The Morgan fingerprint density at radius 1 is 1.12 bits per heavy atom. The second-order valence-electron chi connectivity index (χ2n) is 2.93. The van der Waals surface area contributed by atoms with Crippen molar-refractivity contribution >= 4 is 10.1 Å². The Labute approximate surface area is 117 Å². The number of hydrogen-bond donors (Lipinski definition) is 0. The van der Waals surface area contributed by atoms with E-state index in [9.17, 15) is 13.0 Å². The molecule has 0 aliphatic carbocycles. The van der Waals surface area contributed by atoms with Crippen LogP contribution in [0.5, 0.6) is 11.5 Å². The fourth-order valence-corrected chi connectivity index (χ4v) is 1.94. The zero-order valence-electron chi connectivity index (χ0n) is 9.60. The topological polar surface area (TPSA) is 75.7 Å². The number of benzene rings is 1. The molecule has 5 nitrogen and oxygen atoms in total. The van der Waals surface area contributed by atoms with E-state index in [0.29, 0.717) is 11.3 Å². The van der Waals surface area contributed by atoms with E-state index in [1.54, 1.807) is 0 Å². The Kier molecular flexibility index (Phi) is 5.78. The van der Waals surface area contributed by atoms with Gasteiger partial charge in [-0.25, -0.2) is 8.42 Å².